The lowest BCUT2D eigenvalue weighted by Crippen LogP contribution is -2.46. The van der Waals surface area contributed by atoms with Crippen LogP contribution in [0.4, 0.5) is 20.2 Å². The number of halogens is 2. The molecule has 4 rings (SSSR count). The Morgan fingerprint density at radius 3 is 2.61 bits per heavy atom. The van der Waals surface area contributed by atoms with Gasteiger partial charge in [-0.05, 0) is 30.5 Å². The van der Waals surface area contributed by atoms with Crippen molar-refractivity contribution >= 4 is 29.0 Å². The van der Waals surface area contributed by atoms with Crippen molar-refractivity contribution < 1.29 is 13.6 Å². The standard InChI is InChI=1S/C12H20N4.C10H5F2NOS/c1-9-5-10(13)8-16(7-9)12-3-4-15-6-11(12)14-2;11-7-2-1-3-8(12)9(7)10-13-6(4-14)5-15-10/h3-4,6,9-10,14H,5,7-8,13H2,1-2H3;1-5H. The fraction of sp³-hybridized carbons (Fsp3) is 0.318. The number of carbonyl (C=O) groups is 1. The molecule has 1 fully saturated rings. The van der Waals surface area contributed by atoms with Gasteiger partial charge in [-0.25, -0.2) is 13.8 Å². The number of nitrogens with one attached hydrogen (secondary N) is 1. The van der Waals surface area contributed by atoms with Gasteiger partial charge in [0.25, 0.3) is 0 Å². The highest BCUT2D eigenvalue weighted by Gasteiger charge is 2.23. The van der Waals surface area contributed by atoms with E-state index in [1.165, 1.54) is 17.1 Å². The Bertz CT molecular complexity index is 998. The average Bonchev–Trinajstić information content (AvgIpc) is 3.22. The second kappa shape index (κ2) is 10.4. The summed E-state index contributed by atoms with van der Waals surface area (Å²) in [4.78, 5) is 20.7. The molecule has 0 saturated carbocycles. The third-order valence-electron chi connectivity index (χ3n) is 4.92. The summed E-state index contributed by atoms with van der Waals surface area (Å²) < 4.78 is 26.6. The van der Waals surface area contributed by atoms with Gasteiger partial charge in [0.2, 0.25) is 0 Å². The van der Waals surface area contributed by atoms with Crippen molar-refractivity contribution in [1.29, 1.82) is 0 Å². The van der Waals surface area contributed by atoms with Crippen LogP contribution >= 0.6 is 11.3 Å². The second-order valence-corrected chi connectivity index (χ2v) is 8.30. The summed E-state index contributed by atoms with van der Waals surface area (Å²) in [5.41, 5.74) is 8.34. The number of carbonyl (C=O) groups excluding carboxylic acids is 1. The maximum atomic E-state index is 13.3. The first-order chi connectivity index (χ1) is 14.9. The number of pyridine rings is 1. The Balaban J connectivity index is 0.000000176. The molecule has 0 amide bonds. The topological polar surface area (TPSA) is 84.1 Å². The van der Waals surface area contributed by atoms with Gasteiger partial charge in [0.15, 0.2) is 6.29 Å². The summed E-state index contributed by atoms with van der Waals surface area (Å²) in [6.45, 7) is 4.27. The summed E-state index contributed by atoms with van der Waals surface area (Å²) >= 11 is 1.03. The van der Waals surface area contributed by atoms with E-state index in [9.17, 15) is 13.6 Å². The minimum Gasteiger partial charge on any atom is -0.385 e. The number of rotatable bonds is 4. The third-order valence-corrected chi connectivity index (χ3v) is 5.80. The molecule has 3 N–H and O–H groups in total. The van der Waals surface area contributed by atoms with E-state index in [1.807, 2.05) is 19.4 Å². The summed E-state index contributed by atoms with van der Waals surface area (Å²) in [6.07, 6.45) is 5.36. The zero-order valence-electron chi connectivity index (χ0n) is 17.4. The molecule has 0 radical (unpaired) electrons. The summed E-state index contributed by atoms with van der Waals surface area (Å²) in [6, 6.07) is 5.92. The van der Waals surface area contributed by atoms with E-state index in [0.29, 0.717) is 12.2 Å². The minimum atomic E-state index is -0.679. The zero-order valence-corrected chi connectivity index (χ0v) is 18.2. The predicted octanol–water partition coefficient (Wildman–Crippen LogP) is 4.20. The van der Waals surface area contributed by atoms with Crippen LogP contribution in [0.3, 0.4) is 0 Å². The lowest BCUT2D eigenvalue weighted by atomic mass is 9.96. The van der Waals surface area contributed by atoms with Gasteiger partial charge >= 0.3 is 0 Å². The number of anilines is 2. The number of nitrogens with zero attached hydrogens (tertiary/aromatic N) is 3. The fourth-order valence-electron chi connectivity index (χ4n) is 3.61. The van der Waals surface area contributed by atoms with Gasteiger partial charge in [-0.15, -0.1) is 11.3 Å². The van der Waals surface area contributed by atoms with Crippen molar-refractivity contribution in [3.8, 4) is 10.6 Å². The van der Waals surface area contributed by atoms with Gasteiger partial charge in [0.05, 0.1) is 23.1 Å². The van der Waals surface area contributed by atoms with Crippen molar-refractivity contribution in [3.63, 3.8) is 0 Å². The van der Waals surface area contributed by atoms with Gasteiger partial charge in [0.1, 0.15) is 22.3 Å². The van der Waals surface area contributed by atoms with E-state index in [1.54, 1.807) is 0 Å². The van der Waals surface area contributed by atoms with Crippen LogP contribution in [0.15, 0.2) is 42.0 Å². The largest absolute Gasteiger partial charge is 0.385 e. The van der Waals surface area contributed by atoms with Gasteiger partial charge in [0, 0.05) is 37.8 Å². The molecular formula is C22H25F2N5OS. The quantitative estimate of drug-likeness (QED) is 0.586. The number of aldehydes is 1. The Labute approximate surface area is 184 Å². The molecule has 3 heterocycles. The van der Waals surface area contributed by atoms with Crippen molar-refractivity contribution in [2.24, 2.45) is 11.7 Å². The van der Waals surface area contributed by atoms with Crippen LogP contribution in [0.2, 0.25) is 0 Å². The fourth-order valence-corrected chi connectivity index (χ4v) is 4.42. The molecule has 0 spiro atoms. The molecule has 3 aromatic rings. The number of aromatic nitrogens is 2. The Morgan fingerprint density at radius 2 is 2.00 bits per heavy atom. The van der Waals surface area contributed by atoms with E-state index < -0.39 is 11.6 Å². The molecule has 0 bridgehead atoms. The molecular weight excluding hydrogens is 420 g/mol. The lowest BCUT2D eigenvalue weighted by Gasteiger charge is -2.37. The number of thiazole rings is 1. The Kier molecular flexibility index (Phi) is 7.64. The highest BCUT2D eigenvalue weighted by molar-refractivity contribution is 7.13. The normalized spacial score (nSPS) is 18.2. The maximum Gasteiger partial charge on any atom is 0.169 e. The van der Waals surface area contributed by atoms with Crippen molar-refractivity contribution in [1.82, 2.24) is 9.97 Å². The van der Waals surface area contributed by atoms with Crippen LogP contribution in [0, 0.1) is 17.6 Å². The first-order valence-corrected chi connectivity index (χ1v) is 10.8. The zero-order chi connectivity index (χ0) is 22.4. The number of piperidine rings is 1. The molecule has 1 aliphatic heterocycles. The molecule has 6 nitrogen and oxygen atoms in total. The molecule has 9 heteroatoms. The van der Waals surface area contributed by atoms with Gasteiger partial charge in [-0.3, -0.25) is 9.78 Å². The number of nitrogens with two attached hydrogens (primary N) is 1. The molecule has 1 aliphatic rings. The highest BCUT2D eigenvalue weighted by Crippen LogP contribution is 2.29. The minimum absolute atomic E-state index is 0.174. The van der Waals surface area contributed by atoms with E-state index in [-0.39, 0.29) is 22.3 Å². The molecule has 31 heavy (non-hydrogen) atoms. The van der Waals surface area contributed by atoms with Crippen LogP contribution in [0.5, 0.6) is 0 Å². The first-order valence-electron chi connectivity index (χ1n) is 9.90. The van der Waals surface area contributed by atoms with E-state index >= 15 is 0 Å². The van der Waals surface area contributed by atoms with Crippen molar-refractivity contribution in [2.75, 3.05) is 30.4 Å². The van der Waals surface area contributed by atoms with E-state index in [2.05, 4.69) is 33.2 Å². The summed E-state index contributed by atoms with van der Waals surface area (Å²) in [5, 5.41) is 4.80. The average molecular weight is 446 g/mol. The summed E-state index contributed by atoms with van der Waals surface area (Å²) in [7, 11) is 1.92. The first kappa shape index (κ1) is 22.8. The third kappa shape index (κ3) is 5.62. The molecule has 2 aromatic heterocycles. The molecule has 1 aromatic carbocycles. The van der Waals surface area contributed by atoms with Crippen LogP contribution in [0.25, 0.3) is 10.6 Å². The maximum absolute atomic E-state index is 13.3. The van der Waals surface area contributed by atoms with Crippen LogP contribution in [-0.4, -0.2) is 42.4 Å². The number of hydrogen-bond acceptors (Lipinski definition) is 7. The van der Waals surface area contributed by atoms with Crippen LogP contribution in [0.1, 0.15) is 23.8 Å². The van der Waals surface area contributed by atoms with Gasteiger partial charge in [-0.2, -0.15) is 0 Å². The van der Waals surface area contributed by atoms with Crippen LogP contribution in [-0.2, 0) is 0 Å². The number of benzene rings is 1. The monoisotopic (exact) mass is 445 g/mol. The van der Waals surface area contributed by atoms with Gasteiger partial charge < -0.3 is 16.0 Å². The molecule has 2 atom stereocenters. The Hall–Kier alpha value is -2.91. The van der Waals surface area contributed by atoms with Crippen molar-refractivity contribution in [2.45, 2.75) is 19.4 Å². The van der Waals surface area contributed by atoms with Crippen molar-refractivity contribution in [3.05, 3.63) is 59.4 Å². The summed E-state index contributed by atoms with van der Waals surface area (Å²) in [5.74, 6) is -0.704. The number of hydrogen-bond donors (Lipinski definition) is 2. The molecule has 1 saturated heterocycles. The van der Waals surface area contributed by atoms with E-state index in [0.717, 1.165) is 48.7 Å². The SMILES string of the molecule is CNc1cnccc1N1CC(C)CC(N)C1.O=Cc1csc(-c2c(F)cccc2F)n1. The van der Waals surface area contributed by atoms with Crippen LogP contribution < -0.4 is 16.0 Å². The molecule has 164 valence electrons. The van der Waals surface area contributed by atoms with Gasteiger partial charge in [-0.1, -0.05) is 13.0 Å². The smallest absolute Gasteiger partial charge is 0.169 e. The molecule has 2 unspecified atom stereocenters. The van der Waals surface area contributed by atoms with E-state index in [4.69, 9.17) is 5.73 Å². The highest BCUT2D eigenvalue weighted by atomic mass is 32.1. The predicted molar refractivity (Wildman–Crippen MR) is 121 cm³/mol. The Morgan fingerprint density at radius 1 is 1.26 bits per heavy atom. The second-order valence-electron chi connectivity index (χ2n) is 7.44. The lowest BCUT2D eigenvalue weighted by molar-refractivity contribution is 0.111. The molecule has 0 aliphatic carbocycles.